The van der Waals surface area contributed by atoms with Crippen molar-refractivity contribution in [3.63, 3.8) is 0 Å². The monoisotopic (exact) mass is 498 g/mol. The summed E-state index contributed by atoms with van der Waals surface area (Å²) in [7, 11) is 1.62. The van der Waals surface area contributed by atoms with E-state index in [2.05, 4.69) is 10.2 Å². The molecule has 1 saturated heterocycles. The molecule has 8 nitrogen and oxygen atoms in total. The molecule has 0 aliphatic carbocycles. The third-order valence-corrected chi connectivity index (χ3v) is 6.46. The summed E-state index contributed by atoms with van der Waals surface area (Å²) < 4.78 is 12.0. The van der Waals surface area contributed by atoms with Crippen LogP contribution in [0, 0.1) is 0 Å². The first kappa shape index (κ1) is 25.1. The maximum atomic E-state index is 13.5. The van der Waals surface area contributed by atoms with Gasteiger partial charge in [0.1, 0.15) is 29.5 Å². The van der Waals surface area contributed by atoms with Crippen LogP contribution in [0.2, 0.25) is 5.02 Å². The SMILES string of the molecule is COC(/C(CN)=C1/NC(C)=CN(c2ccccc2O)C1=O)N1CCC(Oc2ccc(Cl)cc2)CC1. The van der Waals surface area contributed by atoms with Crippen molar-refractivity contribution in [2.45, 2.75) is 32.1 Å². The number of para-hydroxylation sites is 2. The van der Waals surface area contributed by atoms with Crippen LogP contribution < -0.4 is 20.7 Å². The van der Waals surface area contributed by atoms with E-state index in [0.717, 1.165) is 37.4 Å². The van der Waals surface area contributed by atoms with E-state index in [4.69, 9.17) is 26.8 Å². The molecule has 1 fully saturated rings. The summed E-state index contributed by atoms with van der Waals surface area (Å²) in [5.41, 5.74) is 8.34. The molecule has 1 amide bonds. The molecule has 2 aromatic carbocycles. The van der Waals surface area contributed by atoms with Gasteiger partial charge in [-0.25, -0.2) is 0 Å². The van der Waals surface area contributed by atoms with Crippen LogP contribution in [0.1, 0.15) is 19.8 Å². The van der Waals surface area contributed by atoms with Crippen LogP contribution >= 0.6 is 11.6 Å². The third-order valence-electron chi connectivity index (χ3n) is 6.21. The number of rotatable bonds is 7. The molecule has 35 heavy (non-hydrogen) atoms. The number of aromatic hydroxyl groups is 1. The molecule has 0 bridgehead atoms. The average Bonchev–Trinajstić information content (AvgIpc) is 2.86. The lowest BCUT2D eigenvalue weighted by Gasteiger charge is -2.39. The Labute approximate surface area is 210 Å². The Morgan fingerprint density at radius 1 is 1.20 bits per heavy atom. The number of nitrogens with one attached hydrogen (secondary N) is 1. The maximum absolute atomic E-state index is 13.5. The van der Waals surface area contributed by atoms with Gasteiger partial charge in [-0.3, -0.25) is 14.6 Å². The second kappa shape index (κ2) is 11.1. The first-order valence-corrected chi connectivity index (χ1v) is 12.0. The largest absolute Gasteiger partial charge is 0.506 e. The number of carbonyl (C=O) groups is 1. The number of phenolic OH excluding ortho intramolecular Hbond substituents is 1. The number of phenols is 1. The van der Waals surface area contributed by atoms with Gasteiger partial charge in [0.15, 0.2) is 0 Å². The van der Waals surface area contributed by atoms with Gasteiger partial charge >= 0.3 is 0 Å². The van der Waals surface area contributed by atoms with Gasteiger partial charge in [-0.05, 0) is 56.2 Å². The summed E-state index contributed by atoms with van der Waals surface area (Å²) in [6, 6.07) is 14.1. The fraction of sp³-hybridized carbons (Fsp3) is 0.346. The van der Waals surface area contributed by atoms with Crippen molar-refractivity contribution < 1.29 is 19.4 Å². The van der Waals surface area contributed by atoms with Crippen molar-refractivity contribution >= 4 is 23.2 Å². The summed E-state index contributed by atoms with van der Waals surface area (Å²) in [6.45, 7) is 3.43. The molecule has 0 aromatic heterocycles. The number of likely N-dealkylation sites (tertiary alicyclic amines) is 1. The van der Waals surface area contributed by atoms with E-state index in [9.17, 15) is 9.90 Å². The second-order valence-electron chi connectivity index (χ2n) is 8.60. The predicted octanol–water partition coefficient (Wildman–Crippen LogP) is 3.57. The first-order chi connectivity index (χ1) is 16.9. The Balaban J connectivity index is 1.52. The van der Waals surface area contributed by atoms with Crippen molar-refractivity contribution in [2.24, 2.45) is 5.73 Å². The number of methoxy groups -OCH3 is 1. The number of piperidine rings is 1. The minimum absolute atomic E-state index is 0.0199. The van der Waals surface area contributed by atoms with E-state index in [1.807, 2.05) is 31.2 Å². The first-order valence-electron chi connectivity index (χ1n) is 11.6. The highest BCUT2D eigenvalue weighted by Gasteiger charge is 2.34. The van der Waals surface area contributed by atoms with Crippen LogP contribution in [-0.2, 0) is 9.53 Å². The van der Waals surface area contributed by atoms with Gasteiger partial charge in [0.05, 0.1) is 5.69 Å². The van der Waals surface area contributed by atoms with E-state index in [-0.39, 0.29) is 24.3 Å². The highest BCUT2D eigenvalue weighted by atomic mass is 35.5. The quantitative estimate of drug-likeness (QED) is 0.502. The topological polar surface area (TPSA) is 100 Å². The second-order valence-corrected chi connectivity index (χ2v) is 9.04. The smallest absolute Gasteiger partial charge is 0.279 e. The molecule has 9 heteroatoms. The lowest BCUT2D eigenvalue weighted by molar-refractivity contribution is -0.115. The molecule has 2 heterocycles. The Kier molecular flexibility index (Phi) is 7.97. The lowest BCUT2D eigenvalue weighted by Crippen LogP contribution is -2.49. The summed E-state index contributed by atoms with van der Waals surface area (Å²) in [4.78, 5) is 17.1. The number of halogens is 1. The van der Waals surface area contributed by atoms with Gasteiger partial charge in [0, 0.05) is 49.2 Å². The Morgan fingerprint density at radius 3 is 2.51 bits per heavy atom. The fourth-order valence-electron chi connectivity index (χ4n) is 4.49. The number of benzene rings is 2. The van der Waals surface area contributed by atoms with E-state index in [1.165, 1.54) is 4.90 Å². The zero-order valence-electron chi connectivity index (χ0n) is 19.9. The summed E-state index contributed by atoms with van der Waals surface area (Å²) in [5.74, 6) is 0.511. The third kappa shape index (κ3) is 5.62. The molecule has 2 aromatic rings. The molecule has 0 saturated carbocycles. The van der Waals surface area contributed by atoms with Crippen LogP contribution in [0.25, 0.3) is 0 Å². The Bertz CT molecular complexity index is 1110. The van der Waals surface area contributed by atoms with Crippen LogP contribution in [0.3, 0.4) is 0 Å². The van der Waals surface area contributed by atoms with E-state index in [0.29, 0.717) is 22.0 Å². The Morgan fingerprint density at radius 2 is 1.89 bits per heavy atom. The number of carbonyl (C=O) groups excluding carboxylic acids is 1. The minimum Gasteiger partial charge on any atom is -0.506 e. The zero-order valence-corrected chi connectivity index (χ0v) is 20.7. The fourth-order valence-corrected chi connectivity index (χ4v) is 4.62. The number of nitrogens with two attached hydrogens (primary N) is 1. The molecular weight excluding hydrogens is 468 g/mol. The molecule has 0 radical (unpaired) electrons. The van der Waals surface area contributed by atoms with Crippen LogP contribution in [0.5, 0.6) is 11.5 Å². The van der Waals surface area contributed by atoms with Crippen molar-refractivity contribution in [2.75, 3.05) is 31.6 Å². The highest BCUT2D eigenvalue weighted by Crippen LogP contribution is 2.31. The van der Waals surface area contributed by atoms with Crippen molar-refractivity contribution in [1.29, 1.82) is 0 Å². The van der Waals surface area contributed by atoms with Crippen LogP contribution in [0.15, 0.2) is 71.7 Å². The molecule has 4 rings (SSSR count). The van der Waals surface area contributed by atoms with Gasteiger partial charge in [0.2, 0.25) is 0 Å². The number of anilines is 1. The molecule has 1 atom stereocenters. The molecule has 2 aliphatic rings. The average molecular weight is 499 g/mol. The van der Waals surface area contributed by atoms with Crippen LogP contribution in [0.4, 0.5) is 5.69 Å². The summed E-state index contributed by atoms with van der Waals surface area (Å²) >= 11 is 5.96. The number of ether oxygens (including phenoxy) is 2. The number of hydrogen-bond acceptors (Lipinski definition) is 7. The maximum Gasteiger partial charge on any atom is 0.279 e. The summed E-state index contributed by atoms with van der Waals surface area (Å²) in [5, 5.41) is 14.2. The van der Waals surface area contributed by atoms with E-state index >= 15 is 0 Å². The van der Waals surface area contributed by atoms with Crippen molar-refractivity contribution in [3.05, 3.63) is 76.7 Å². The van der Waals surface area contributed by atoms with Gasteiger partial charge in [-0.2, -0.15) is 0 Å². The normalized spacial score (nSPS) is 19.7. The van der Waals surface area contributed by atoms with Crippen molar-refractivity contribution in [3.8, 4) is 11.5 Å². The van der Waals surface area contributed by atoms with E-state index in [1.54, 1.807) is 37.6 Å². The van der Waals surface area contributed by atoms with E-state index < -0.39 is 6.23 Å². The number of allylic oxidation sites excluding steroid dienone is 1. The molecule has 1 unspecified atom stereocenters. The number of hydrogen-bond donors (Lipinski definition) is 3. The summed E-state index contributed by atoms with van der Waals surface area (Å²) in [6.07, 6.45) is 2.88. The van der Waals surface area contributed by atoms with Crippen LogP contribution in [-0.4, -0.2) is 55.0 Å². The molecule has 0 spiro atoms. The Hall–Kier alpha value is -3.04. The predicted molar refractivity (Wildman–Crippen MR) is 136 cm³/mol. The van der Waals surface area contributed by atoms with Gasteiger partial charge < -0.3 is 25.6 Å². The molecule has 186 valence electrons. The van der Waals surface area contributed by atoms with Gasteiger partial charge in [-0.15, -0.1) is 0 Å². The van der Waals surface area contributed by atoms with Gasteiger partial charge in [0.25, 0.3) is 5.91 Å². The standard InChI is InChI=1S/C26H31ClN4O4/c1-17-16-31(22-5-3-4-6-23(22)32)25(33)24(29-17)21(15-28)26(34-2)30-13-11-20(12-14-30)35-19-9-7-18(27)8-10-19/h3-10,16,20,26,29,32H,11-15,28H2,1-2H3/b24-21+. The molecule has 4 N–H and O–H groups in total. The van der Waals surface area contributed by atoms with Crippen molar-refractivity contribution in [1.82, 2.24) is 10.2 Å². The minimum atomic E-state index is -0.472. The lowest BCUT2D eigenvalue weighted by atomic mass is 10.0. The number of nitrogens with zero attached hydrogens (tertiary/aromatic N) is 2. The molecule has 2 aliphatic heterocycles. The molecular formula is C26H31ClN4O4. The zero-order chi connectivity index (χ0) is 24.9. The number of amides is 1. The highest BCUT2D eigenvalue weighted by molar-refractivity contribution is 6.30. The van der Waals surface area contributed by atoms with Gasteiger partial charge in [-0.1, -0.05) is 23.7 Å².